The summed E-state index contributed by atoms with van der Waals surface area (Å²) in [6.07, 6.45) is 0. The van der Waals surface area contributed by atoms with Gasteiger partial charge in [0.05, 0.1) is 4.90 Å². The molecule has 2 aromatic carbocycles. The summed E-state index contributed by atoms with van der Waals surface area (Å²) in [5, 5.41) is 3.24. The lowest BCUT2D eigenvalue weighted by molar-refractivity contribution is 0.577. The van der Waals surface area contributed by atoms with Crippen LogP contribution in [0, 0.1) is 11.6 Å². The summed E-state index contributed by atoms with van der Waals surface area (Å²) in [6.45, 7) is 3.74. The maximum Gasteiger partial charge on any atom is 0.137 e. The van der Waals surface area contributed by atoms with E-state index in [0.29, 0.717) is 0 Å². The van der Waals surface area contributed by atoms with Gasteiger partial charge in [0, 0.05) is 15.9 Å². The highest BCUT2D eigenvalue weighted by molar-refractivity contribution is 9.10. The molecule has 5 heteroatoms. The van der Waals surface area contributed by atoms with Crippen molar-refractivity contribution in [3.63, 3.8) is 0 Å². The van der Waals surface area contributed by atoms with Gasteiger partial charge < -0.3 is 5.32 Å². The highest BCUT2D eigenvalue weighted by Crippen LogP contribution is 2.35. The van der Waals surface area contributed by atoms with E-state index in [-0.39, 0.29) is 4.90 Å². The molecule has 0 aliphatic heterocycles. The minimum Gasteiger partial charge on any atom is -0.313 e. The van der Waals surface area contributed by atoms with Crippen molar-refractivity contribution in [2.75, 3.05) is 6.54 Å². The molecule has 0 bridgehead atoms. The Balaban J connectivity index is 2.19. The Labute approximate surface area is 129 Å². The van der Waals surface area contributed by atoms with Gasteiger partial charge in [-0.05, 0) is 58.4 Å². The second-order valence-corrected chi connectivity index (χ2v) is 6.16. The van der Waals surface area contributed by atoms with Gasteiger partial charge in [-0.3, -0.25) is 0 Å². The van der Waals surface area contributed by atoms with Crippen molar-refractivity contribution >= 4 is 27.7 Å². The van der Waals surface area contributed by atoms with Crippen LogP contribution in [0.15, 0.2) is 50.7 Å². The van der Waals surface area contributed by atoms with E-state index in [1.54, 1.807) is 0 Å². The largest absolute Gasteiger partial charge is 0.313 e. The SMILES string of the molecule is CCNCc1ccc(Sc2cc(F)ccc2F)c(Br)c1. The van der Waals surface area contributed by atoms with Crippen LogP contribution in [0.5, 0.6) is 0 Å². The van der Waals surface area contributed by atoms with Crippen molar-refractivity contribution in [1.29, 1.82) is 0 Å². The lowest BCUT2D eigenvalue weighted by atomic mass is 10.2. The summed E-state index contributed by atoms with van der Waals surface area (Å²) in [6, 6.07) is 9.35. The quantitative estimate of drug-likeness (QED) is 0.808. The van der Waals surface area contributed by atoms with Crippen LogP contribution in [-0.2, 0) is 6.54 Å². The third kappa shape index (κ3) is 4.04. The zero-order valence-corrected chi connectivity index (χ0v) is 13.3. The van der Waals surface area contributed by atoms with Gasteiger partial charge in [0.1, 0.15) is 11.6 Å². The van der Waals surface area contributed by atoms with Crippen LogP contribution in [0.2, 0.25) is 0 Å². The summed E-state index contributed by atoms with van der Waals surface area (Å²) in [7, 11) is 0. The maximum atomic E-state index is 13.6. The third-order valence-electron chi connectivity index (χ3n) is 2.69. The van der Waals surface area contributed by atoms with Crippen LogP contribution in [0.3, 0.4) is 0 Å². The molecule has 20 heavy (non-hydrogen) atoms. The van der Waals surface area contributed by atoms with E-state index in [1.807, 2.05) is 25.1 Å². The molecule has 0 aliphatic carbocycles. The monoisotopic (exact) mass is 357 g/mol. The molecule has 0 fully saturated rings. The van der Waals surface area contributed by atoms with E-state index in [4.69, 9.17) is 0 Å². The third-order valence-corrected chi connectivity index (χ3v) is 4.72. The highest BCUT2D eigenvalue weighted by Gasteiger charge is 2.09. The van der Waals surface area contributed by atoms with Crippen LogP contribution in [-0.4, -0.2) is 6.54 Å². The molecule has 106 valence electrons. The summed E-state index contributed by atoms with van der Waals surface area (Å²) in [5.74, 6) is -0.853. The fourth-order valence-electron chi connectivity index (χ4n) is 1.68. The lowest BCUT2D eigenvalue weighted by Gasteiger charge is -2.08. The van der Waals surface area contributed by atoms with Gasteiger partial charge in [-0.25, -0.2) is 8.78 Å². The van der Waals surface area contributed by atoms with Crippen molar-refractivity contribution in [1.82, 2.24) is 5.32 Å². The number of rotatable bonds is 5. The van der Waals surface area contributed by atoms with Crippen LogP contribution >= 0.6 is 27.7 Å². The average molecular weight is 358 g/mol. The molecule has 2 rings (SSSR count). The predicted octanol–water partition coefficient (Wildman–Crippen LogP) is 4.99. The first-order valence-corrected chi connectivity index (χ1v) is 7.83. The molecule has 1 N–H and O–H groups in total. The van der Waals surface area contributed by atoms with Crippen molar-refractivity contribution in [3.8, 4) is 0 Å². The molecule has 0 heterocycles. The molecule has 0 unspecified atom stereocenters. The second-order valence-electron chi connectivity index (χ2n) is 4.22. The maximum absolute atomic E-state index is 13.6. The Morgan fingerprint density at radius 2 is 1.90 bits per heavy atom. The van der Waals surface area contributed by atoms with Gasteiger partial charge in [-0.15, -0.1) is 0 Å². The zero-order valence-electron chi connectivity index (χ0n) is 10.9. The Morgan fingerprint density at radius 3 is 2.60 bits per heavy atom. The zero-order chi connectivity index (χ0) is 14.5. The standard InChI is InChI=1S/C15H14BrF2NS/c1-2-19-9-10-3-6-14(12(16)7-10)20-15-8-11(17)4-5-13(15)18/h3-8,19H,2,9H2,1H3. The van der Waals surface area contributed by atoms with Crippen LogP contribution < -0.4 is 5.32 Å². The topological polar surface area (TPSA) is 12.0 Å². The summed E-state index contributed by atoms with van der Waals surface area (Å²) in [5.41, 5.74) is 1.14. The fourth-order valence-corrected chi connectivity index (χ4v) is 3.22. The van der Waals surface area contributed by atoms with E-state index in [1.165, 1.54) is 17.8 Å². The molecule has 0 saturated heterocycles. The van der Waals surface area contributed by atoms with Gasteiger partial charge >= 0.3 is 0 Å². The highest BCUT2D eigenvalue weighted by atomic mass is 79.9. The van der Waals surface area contributed by atoms with E-state index >= 15 is 0 Å². The van der Waals surface area contributed by atoms with Gasteiger partial charge in [-0.1, -0.05) is 24.8 Å². The summed E-state index contributed by atoms with van der Waals surface area (Å²) < 4.78 is 27.7. The van der Waals surface area contributed by atoms with Gasteiger partial charge in [-0.2, -0.15) is 0 Å². The van der Waals surface area contributed by atoms with Crippen LogP contribution in [0.1, 0.15) is 12.5 Å². The number of hydrogen-bond donors (Lipinski definition) is 1. The van der Waals surface area contributed by atoms with E-state index in [9.17, 15) is 8.78 Å². The Hall–Kier alpha value is -0.910. The van der Waals surface area contributed by atoms with E-state index in [2.05, 4.69) is 21.2 Å². The van der Waals surface area contributed by atoms with E-state index in [0.717, 1.165) is 40.2 Å². The average Bonchev–Trinajstić information content (AvgIpc) is 2.43. The first-order chi connectivity index (χ1) is 9.60. The molecular formula is C15H14BrF2NS. The number of benzene rings is 2. The lowest BCUT2D eigenvalue weighted by Crippen LogP contribution is -2.11. The molecule has 0 radical (unpaired) electrons. The molecule has 0 atom stereocenters. The molecule has 0 spiro atoms. The number of nitrogens with one attached hydrogen (secondary N) is 1. The fraction of sp³-hybridized carbons (Fsp3) is 0.200. The van der Waals surface area contributed by atoms with Crippen molar-refractivity contribution in [2.24, 2.45) is 0 Å². The number of hydrogen-bond acceptors (Lipinski definition) is 2. The first-order valence-electron chi connectivity index (χ1n) is 6.22. The molecule has 0 aliphatic rings. The second kappa shape index (κ2) is 7.20. The predicted molar refractivity (Wildman–Crippen MR) is 82.0 cm³/mol. The Bertz CT molecular complexity index is 604. The first kappa shape index (κ1) is 15.5. The van der Waals surface area contributed by atoms with Crippen molar-refractivity contribution in [2.45, 2.75) is 23.3 Å². The summed E-state index contributed by atoms with van der Waals surface area (Å²) >= 11 is 4.68. The Morgan fingerprint density at radius 1 is 1.10 bits per heavy atom. The summed E-state index contributed by atoms with van der Waals surface area (Å²) in [4.78, 5) is 1.14. The molecule has 2 aromatic rings. The van der Waals surface area contributed by atoms with Crippen molar-refractivity contribution < 1.29 is 8.78 Å². The van der Waals surface area contributed by atoms with E-state index < -0.39 is 11.6 Å². The molecule has 0 saturated carbocycles. The van der Waals surface area contributed by atoms with Gasteiger partial charge in [0.15, 0.2) is 0 Å². The smallest absolute Gasteiger partial charge is 0.137 e. The normalized spacial score (nSPS) is 10.8. The molecule has 0 aromatic heterocycles. The minimum atomic E-state index is -0.436. The van der Waals surface area contributed by atoms with Gasteiger partial charge in [0.2, 0.25) is 0 Å². The number of halogens is 3. The minimum absolute atomic E-state index is 0.283. The van der Waals surface area contributed by atoms with Gasteiger partial charge in [0.25, 0.3) is 0 Å². The molecular weight excluding hydrogens is 344 g/mol. The molecule has 1 nitrogen and oxygen atoms in total. The van der Waals surface area contributed by atoms with Crippen LogP contribution in [0.25, 0.3) is 0 Å². The van der Waals surface area contributed by atoms with Crippen molar-refractivity contribution in [3.05, 3.63) is 58.1 Å². The molecule has 0 amide bonds. The Kier molecular flexibility index (Phi) is 5.57. The van der Waals surface area contributed by atoms with Crippen LogP contribution in [0.4, 0.5) is 8.78 Å².